The van der Waals surface area contributed by atoms with Gasteiger partial charge in [0, 0.05) is 24.5 Å². The third kappa shape index (κ3) is 4.81. The Kier molecular flexibility index (Phi) is 6.41. The number of alkyl halides is 1. The molecule has 1 rings (SSSR count). The van der Waals surface area contributed by atoms with Crippen molar-refractivity contribution in [3.05, 3.63) is 34.9 Å². The van der Waals surface area contributed by atoms with Gasteiger partial charge in [0.25, 0.3) is 5.91 Å². The summed E-state index contributed by atoms with van der Waals surface area (Å²) in [7, 11) is 1.88. The fraction of sp³-hybridized carbons (Fsp3) is 0.533. The monoisotopic (exact) mass is 311 g/mol. The Hall–Kier alpha value is -0.830. The van der Waals surface area contributed by atoms with E-state index in [1.54, 1.807) is 0 Å². The molecule has 0 unspecified atom stereocenters. The number of nitrogens with zero attached hydrogens (tertiary/aromatic N) is 1. The maximum atomic E-state index is 12.2. The van der Waals surface area contributed by atoms with Crippen LogP contribution in [-0.4, -0.2) is 29.7 Å². The molecule has 100 valence electrons. The first kappa shape index (κ1) is 15.2. The Bertz CT molecular complexity index is 383. The first-order valence-corrected chi connectivity index (χ1v) is 7.56. The Labute approximate surface area is 119 Å². The van der Waals surface area contributed by atoms with Crippen LogP contribution in [0.3, 0.4) is 0 Å². The lowest BCUT2D eigenvalue weighted by Gasteiger charge is -2.17. The zero-order valence-electron chi connectivity index (χ0n) is 11.5. The molecule has 0 atom stereocenters. The smallest absolute Gasteiger partial charge is 0.253 e. The molecule has 0 spiro atoms. The number of hydrogen-bond donors (Lipinski definition) is 0. The number of rotatable bonds is 6. The van der Waals surface area contributed by atoms with Crippen LogP contribution >= 0.6 is 15.9 Å². The lowest BCUT2D eigenvalue weighted by atomic mass is 10.1. The molecular formula is C15H22BrNO. The molecule has 0 aliphatic heterocycles. The van der Waals surface area contributed by atoms with Gasteiger partial charge < -0.3 is 4.90 Å². The zero-order chi connectivity index (χ0) is 13.5. The minimum absolute atomic E-state index is 0.126. The van der Waals surface area contributed by atoms with Gasteiger partial charge in [0.1, 0.15) is 0 Å². The summed E-state index contributed by atoms with van der Waals surface area (Å²) in [4.78, 5) is 14.1. The molecule has 0 N–H and O–H groups in total. The van der Waals surface area contributed by atoms with Crippen LogP contribution in [0.4, 0.5) is 0 Å². The molecule has 0 bridgehead atoms. The number of unbranched alkanes of at least 4 members (excludes halogenated alkanes) is 2. The molecule has 2 nitrogen and oxygen atoms in total. The van der Waals surface area contributed by atoms with Crippen molar-refractivity contribution in [1.29, 1.82) is 0 Å². The summed E-state index contributed by atoms with van der Waals surface area (Å²) in [5, 5.41) is 1.04. The first-order valence-electron chi connectivity index (χ1n) is 6.44. The van der Waals surface area contributed by atoms with E-state index in [2.05, 4.69) is 22.0 Å². The minimum atomic E-state index is 0.126. The molecular weight excluding hydrogens is 290 g/mol. The van der Waals surface area contributed by atoms with Gasteiger partial charge in [0.2, 0.25) is 0 Å². The lowest BCUT2D eigenvalue weighted by molar-refractivity contribution is 0.0792. The van der Waals surface area contributed by atoms with E-state index in [1.165, 1.54) is 6.42 Å². The van der Waals surface area contributed by atoms with Gasteiger partial charge in [-0.3, -0.25) is 4.79 Å². The van der Waals surface area contributed by atoms with E-state index in [-0.39, 0.29) is 5.91 Å². The van der Waals surface area contributed by atoms with Crippen LogP contribution in [0.25, 0.3) is 0 Å². The van der Waals surface area contributed by atoms with Gasteiger partial charge in [-0.1, -0.05) is 39.5 Å². The molecule has 0 aliphatic carbocycles. The predicted molar refractivity (Wildman–Crippen MR) is 80.5 cm³/mol. The third-order valence-corrected chi connectivity index (χ3v) is 3.50. The normalized spacial score (nSPS) is 10.4. The van der Waals surface area contributed by atoms with E-state index in [0.29, 0.717) is 0 Å². The number of carbonyl (C=O) groups excluding carboxylic acids is 1. The maximum Gasteiger partial charge on any atom is 0.253 e. The number of carbonyl (C=O) groups is 1. The number of hydrogen-bond acceptors (Lipinski definition) is 1. The van der Waals surface area contributed by atoms with Crippen LogP contribution in [0.2, 0.25) is 0 Å². The highest BCUT2D eigenvalue weighted by atomic mass is 79.9. The van der Waals surface area contributed by atoms with Crippen molar-refractivity contribution < 1.29 is 4.79 Å². The molecule has 0 saturated carbocycles. The molecule has 1 aromatic carbocycles. The Balaban J connectivity index is 2.57. The van der Waals surface area contributed by atoms with Gasteiger partial charge in [-0.15, -0.1) is 0 Å². The fourth-order valence-electron chi connectivity index (χ4n) is 2.04. The molecule has 1 aromatic rings. The van der Waals surface area contributed by atoms with Crippen molar-refractivity contribution in [2.45, 2.75) is 33.1 Å². The van der Waals surface area contributed by atoms with Gasteiger partial charge in [0.15, 0.2) is 0 Å². The molecule has 0 radical (unpaired) electrons. The van der Waals surface area contributed by atoms with Gasteiger partial charge in [0.05, 0.1) is 0 Å². The number of amides is 1. The summed E-state index contributed by atoms with van der Waals surface area (Å²) in [5.74, 6) is 0.126. The van der Waals surface area contributed by atoms with E-state index >= 15 is 0 Å². The highest BCUT2D eigenvalue weighted by Crippen LogP contribution is 2.11. The van der Waals surface area contributed by atoms with Crippen molar-refractivity contribution in [1.82, 2.24) is 4.90 Å². The van der Waals surface area contributed by atoms with Gasteiger partial charge >= 0.3 is 0 Å². The van der Waals surface area contributed by atoms with Gasteiger partial charge in [-0.2, -0.15) is 0 Å². The van der Waals surface area contributed by atoms with Gasteiger partial charge in [-0.25, -0.2) is 0 Å². The molecule has 0 fully saturated rings. The largest absolute Gasteiger partial charge is 0.342 e. The van der Waals surface area contributed by atoms with Crippen molar-refractivity contribution in [3.8, 4) is 0 Å². The summed E-state index contributed by atoms with van der Waals surface area (Å²) < 4.78 is 0. The Morgan fingerprint density at radius 1 is 1.11 bits per heavy atom. The number of halogens is 1. The van der Waals surface area contributed by atoms with Crippen molar-refractivity contribution in [2.24, 2.45) is 0 Å². The summed E-state index contributed by atoms with van der Waals surface area (Å²) in [5.41, 5.74) is 3.09. The van der Waals surface area contributed by atoms with E-state index in [4.69, 9.17) is 0 Å². The summed E-state index contributed by atoms with van der Waals surface area (Å²) in [6, 6.07) is 6.02. The summed E-state index contributed by atoms with van der Waals surface area (Å²) in [6.07, 6.45) is 3.40. The highest BCUT2D eigenvalue weighted by Gasteiger charge is 2.11. The van der Waals surface area contributed by atoms with Crippen LogP contribution in [-0.2, 0) is 0 Å². The van der Waals surface area contributed by atoms with Crippen LogP contribution in [0.1, 0.15) is 40.7 Å². The standard InChI is InChI=1S/C15H22BrNO/c1-12-9-13(2)11-14(10-12)15(18)17(3)8-6-4-5-7-16/h9-11H,4-8H2,1-3H3. The quantitative estimate of drug-likeness (QED) is 0.575. The molecule has 0 heterocycles. The Morgan fingerprint density at radius 2 is 1.72 bits per heavy atom. The number of aryl methyl sites for hydroxylation is 2. The average Bonchev–Trinajstić information content (AvgIpc) is 2.32. The van der Waals surface area contributed by atoms with Crippen LogP contribution in [0, 0.1) is 13.8 Å². The molecule has 0 aromatic heterocycles. The van der Waals surface area contributed by atoms with Crippen LogP contribution in [0.15, 0.2) is 18.2 Å². The lowest BCUT2D eigenvalue weighted by Crippen LogP contribution is -2.27. The van der Waals surface area contributed by atoms with Crippen molar-refractivity contribution in [3.63, 3.8) is 0 Å². The second-order valence-corrected chi connectivity index (χ2v) is 5.65. The fourth-order valence-corrected chi connectivity index (χ4v) is 2.44. The Morgan fingerprint density at radius 3 is 2.28 bits per heavy atom. The predicted octanol–water partition coefficient (Wildman–Crippen LogP) is 3.94. The van der Waals surface area contributed by atoms with E-state index in [0.717, 1.165) is 41.4 Å². The van der Waals surface area contributed by atoms with E-state index in [1.807, 2.05) is 37.9 Å². The SMILES string of the molecule is Cc1cc(C)cc(C(=O)N(C)CCCCCBr)c1. The van der Waals surface area contributed by atoms with Crippen molar-refractivity contribution >= 4 is 21.8 Å². The average molecular weight is 312 g/mol. The number of benzene rings is 1. The van der Waals surface area contributed by atoms with Crippen LogP contribution in [0.5, 0.6) is 0 Å². The third-order valence-electron chi connectivity index (χ3n) is 2.94. The summed E-state index contributed by atoms with van der Waals surface area (Å²) in [6.45, 7) is 4.89. The zero-order valence-corrected chi connectivity index (χ0v) is 13.1. The molecule has 1 amide bonds. The van der Waals surface area contributed by atoms with E-state index < -0.39 is 0 Å². The minimum Gasteiger partial charge on any atom is -0.342 e. The van der Waals surface area contributed by atoms with Crippen LogP contribution < -0.4 is 0 Å². The van der Waals surface area contributed by atoms with Crippen molar-refractivity contribution in [2.75, 3.05) is 18.9 Å². The van der Waals surface area contributed by atoms with Gasteiger partial charge in [-0.05, 0) is 38.8 Å². The second kappa shape index (κ2) is 7.57. The highest BCUT2D eigenvalue weighted by molar-refractivity contribution is 9.09. The summed E-state index contributed by atoms with van der Waals surface area (Å²) >= 11 is 3.42. The molecule has 18 heavy (non-hydrogen) atoms. The molecule has 3 heteroatoms. The maximum absolute atomic E-state index is 12.2. The second-order valence-electron chi connectivity index (χ2n) is 4.85. The first-order chi connectivity index (χ1) is 8.54. The topological polar surface area (TPSA) is 20.3 Å². The molecule has 0 saturated heterocycles. The molecule has 0 aliphatic rings. The van der Waals surface area contributed by atoms with E-state index in [9.17, 15) is 4.79 Å².